The van der Waals surface area contributed by atoms with Crippen molar-refractivity contribution < 1.29 is 14.3 Å². The van der Waals surface area contributed by atoms with E-state index >= 15 is 0 Å². The van der Waals surface area contributed by atoms with Gasteiger partial charge in [-0.15, -0.1) is 24.8 Å². The molecule has 1 aromatic rings. The molecule has 0 spiro atoms. The number of amides is 1. The fraction of sp³-hybridized carbons (Fsp3) is 0.650. The number of carbonyl (C=O) groups excluding carboxylic acids is 1. The first-order valence-corrected chi connectivity index (χ1v) is 9.59. The van der Waals surface area contributed by atoms with Crippen LogP contribution >= 0.6 is 24.8 Å². The molecule has 2 aliphatic heterocycles. The lowest BCUT2D eigenvalue weighted by molar-refractivity contribution is -0.129. The minimum Gasteiger partial charge on any atom is -0.375 e. The van der Waals surface area contributed by atoms with Crippen molar-refractivity contribution in [3.05, 3.63) is 35.4 Å². The molecular weight excluding hydrogens is 401 g/mol. The summed E-state index contributed by atoms with van der Waals surface area (Å²) in [5.74, 6) is -0.00225. The molecule has 2 fully saturated rings. The van der Waals surface area contributed by atoms with Crippen LogP contribution in [0.4, 0.5) is 0 Å². The molecule has 2 unspecified atom stereocenters. The summed E-state index contributed by atoms with van der Waals surface area (Å²) in [6, 6.07) is 8.22. The van der Waals surface area contributed by atoms with Crippen LogP contribution in [0.3, 0.4) is 0 Å². The van der Waals surface area contributed by atoms with Crippen molar-refractivity contribution in [1.29, 1.82) is 0 Å². The Morgan fingerprint density at radius 3 is 2.32 bits per heavy atom. The highest BCUT2D eigenvalue weighted by atomic mass is 35.5. The van der Waals surface area contributed by atoms with E-state index in [-0.39, 0.29) is 55.1 Å². The highest BCUT2D eigenvalue weighted by molar-refractivity contribution is 5.85. The molecular formula is C20H33Cl2N3O3. The molecule has 4 atom stereocenters. The zero-order valence-electron chi connectivity index (χ0n) is 16.8. The Kier molecular flexibility index (Phi) is 10.7. The summed E-state index contributed by atoms with van der Waals surface area (Å²) in [6.45, 7) is 11.0. The zero-order chi connectivity index (χ0) is 18.5. The van der Waals surface area contributed by atoms with Crippen LogP contribution in [0.1, 0.15) is 31.9 Å². The van der Waals surface area contributed by atoms with E-state index in [0.29, 0.717) is 13.2 Å². The predicted octanol–water partition coefficient (Wildman–Crippen LogP) is 2.13. The molecule has 0 aliphatic carbocycles. The van der Waals surface area contributed by atoms with Gasteiger partial charge in [0.2, 0.25) is 5.91 Å². The lowest BCUT2D eigenvalue weighted by Gasteiger charge is -2.35. The molecule has 28 heavy (non-hydrogen) atoms. The summed E-state index contributed by atoms with van der Waals surface area (Å²) in [7, 11) is 0. The van der Waals surface area contributed by atoms with Gasteiger partial charge in [0.15, 0.2) is 0 Å². The first-order valence-electron chi connectivity index (χ1n) is 9.59. The molecule has 0 saturated carbocycles. The molecule has 3 rings (SSSR count). The van der Waals surface area contributed by atoms with Gasteiger partial charge in [-0.2, -0.15) is 0 Å². The third-order valence-electron chi connectivity index (χ3n) is 4.99. The Balaban J connectivity index is 0.00000196. The van der Waals surface area contributed by atoms with Crippen LogP contribution in [-0.4, -0.2) is 61.4 Å². The van der Waals surface area contributed by atoms with Crippen molar-refractivity contribution in [2.45, 2.75) is 58.2 Å². The highest BCUT2D eigenvalue weighted by Crippen LogP contribution is 2.15. The average molecular weight is 434 g/mol. The fourth-order valence-corrected chi connectivity index (χ4v) is 3.76. The maximum atomic E-state index is 12.3. The van der Waals surface area contributed by atoms with E-state index in [9.17, 15) is 4.79 Å². The monoisotopic (exact) mass is 433 g/mol. The molecule has 0 radical (unpaired) electrons. The lowest BCUT2D eigenvalue weighted by Crippen LogP contribution is -2.55. The predicted molar refractivity (Wildman–Crippen MR) is 115 cm³/mol. The largest absolute Gasteiger partial charge is 0.375 e. The quantitative estimate of drug-likeness (QED) is 0.744. The molecule has 160 valence electrons. The Morgan fingerprint density at radius 2 is 1.71 bits per heavy atom. The van der Waals surface area contributed by atoms with Gasteiger partial charge in [0.05, 0.1) is 24.9 Å². The number of morpholine rings is 2. The second-order valence-corrected chi connectivity index (χ2v) is 7.49. The molecule has 1 aromatic carbocycles. The van der Waals surface area contributed by atoms with Crippen molar-refractivity contribution >= 4 is 30.7 Å². The summed E-state index contributed by atoms with van der Waals surface area (Å²) < 4.78 is 11.3. The number of nitrogens with zero attached hydrogens (tertiary/aromatic N) is 1. The summed E-state index contributed by atoms with van der Waals surface area (Å²) >= 11 is 0. The van der Waals surface area contributed by atoms with Gasteiger partial charge in [-0.1, -0.05) is 24.3 Å². The molecule has 2 saturated heterocycles. The second kappa shape index (κ2) is 12.0. The van der Waals surface area contributed by atoms with E-state index in [0.717, 1.165) is 31.7 Å². The lowest BCUT2D eigenvalue weighted by atomic mass is 10.1. The average Bonchev–Trinajstić information content (AvgIpc) is 2.60. The van der Waals surface area contributed by atoms with Gasteiger partial charge >= 0.3 is 0 Å². The van der Waals surface area contributed by atoms with Crippen molar-refractivity contribution in [2.75, 3.05) is 26.2 Å². The van der Waals surface area contributed by atoms with Crippen molar-refractivity contribution in [1.82, 2.24) is 15.5 Å². The normalized spacial score (nSPS) is 28.0. The molecule has 2 heterocycles. The number of hydrogen-bond donors (Lipinski definition) is 2. The van der Waals surface area contributed by atoms with Crippen LogP contribution in [0.25, 0.3) is 0 Å². The van der Waals surface area contributed by atoms with Gasteiger partial charge in [-0.3, -0.25) is 9.69 Å². The SMILES string of the molecule is CC1CN(Cc2ccc(CNC(=O)[C@H]3NCCO[C@@H]3C)cc2)CC(C)O1.Cl.Cl. The smallest absolute Gasteiger partial charge is 0.240 e. The molecule has 0 aromatic heterocycles. The van der Waals surface area contributed by atoms with Crippen LogP contribution in [0.15, 0.2) is 24.3 Å². The minimum atomic E-state index is -0.270. The Hall–Kier alpha value is -0.890. The molecule has 2 aliphatic rings. The van der Waals surface area contributed by atoms with Crippen LogP contribution in [0.2, 0.25) is 0 Å². The van der Waals surface area contributed by atoms with Gasteiger partial charge in [-0.05, 0) is 31.9 Å². The van der Waals surface area contributed by atoms with Gasteiger partial charge in [0.25, 0.3) is 0 Å². The third-order valence-corrected chi connectivity index (χ3v) is 4.99. The summed E-state index contributed by atoms with van der Waals surface area (Å²) in [6.07, 6.45) is 0.477. The number of ether oxygens (including phenoxy) is 2. The number of halogens is 2. The van der Waals surface area contributed by atoms with Crippen LogP contribution in [0.5, 0.6) is 0 Å². The molecule has 6 nitrogen and oxygen atoms in total. The van der Waals surface area contributed by atoms with E-state index in [1.165, 1.54) is 5.56 Å². The van der Waals surface area contributed by atoms with Crippen LogP contribution in [-0.2, 0) is 27.4 Å². The third kappa shape index (κ3) is 7.17. The van der Waals surface area contributed by atoms with E-state index in [1.54, 1.807) is 0 Å². The minimum absolute atomic E-state index is 0. The number of benzene rings is 1. The van der Waals surface area contributed by atoms with Crippen LogP contribution < -0.4 is 10.6 Å². The van der Waals surface area contributed by atoms with Gasteiger partial charge in [-0.25, -0.2) is 0 Å². The zero-order valence-corrected chi connectivity index (χ0v) is 18.5. The van der Waals surface area contributed by atoms with Gasteiger partial charge < -0.3 is 20.1 Å². The van der Waals surface area contributed by atoms with Crippen molar-refractivity contribution in [2.24, 2.45) is 0 Å². The van der Waals surface area contributed by atoms with Crippen LogP contribution in [0, 0.1) is 0 Å². The van der Waals surface area contributed by atoms with E-state index in [2.05, 4.69) is 53.6 Å². The molecule has 0 bridgehead atoms. The topological polar surface area (TPSA) is 62.8 Å². The van der Waals surface area contributed by atoms with E-state index in [4.69, 9.17) is 9.47 Å². The van der Waals surface area contributed by atoms with Crippen molar-refractivity contribution in [3.63, 3.8) is 0 Å². The first kappa shape index (κ1) is 25.1. The Morgan fingerprint density at radius 1 is 1.11 bits per heavy atom. The van der Waals surface area contributed by atoms with Gasteiger partial charge in [0.1, 0.15) is 6.04 Å². The Labute approximate surface area is 180 Å². The first-order chi connectivity index (χ1) is 12.5. The maximum absolute atomic E-state index is 12.3. The van der Waals surface area contributed by atoms with Gasteiger partial charge in [0, 0.05) is 32.7 Å². The molecule has 8 heteroatoms. The second-order valence-electron chi connectivity index (χ2n) is 7.49. The van der Waals surface area contributed by atoms with E-state index in [1.807, 2.05) is 6.92 Å². The molecule has 1 amide bonds. The highest BCUT2D eigenvalue weighted by Gasteiger charge is 2.28. The number of nitrogens with one attached hydrogen (secondary N) is 2. The van der Waals surface area contributed by atoms with E-state index < -0.39 is 0 Å². The summed E-state index contributed by atoms with van der Waals surface area (Å²) in [4.78, 5) is 14.7. The fourth-order valence-electron chi connectivity index (χ4n) is 3.76. The maximum Gasteiger partial charge on any atom is 0.240 e. The van der Waals surface area contributed by atoms with Crippen molar-refractivity contribution in [3.8, 4) is 0 Å². The number of carbonyl (C=O) groups is 1. The molecule has 2 N–H and O–H groups in total. The number of hydrogen-bond acceptors (Lipinski definition) is 5. The summed E-state index contributed by atoms with van der Waals surface area (Å²) in [5, 5.41) is 6.22. The summed E-state index contributed by atoms with van der Waals surface area (Å²) in [5.41, 5.74) is 2.40. The standard InChI is InChI=1S/C20H31N3O3.2ClH/c1-14-11-23(12-15(2)26-14)13-18-6-4-17(5-7-18)10-22-20(24)19-16(3)25-9-8-21-19;;/h4-7,14-16,19,21H,8-13H2,1-3H3,(H,22,24);2*1H/t14?,15?,16-,19+;;/m1../s1. The Bertz CT molecular complexity index is 593. The number of rotatable bonds is 5.